The van der Waals surface area contributed by atoms with Crippen molar-refractivity contribution in [3.63, 3.8) is 0 Å². The Morgan fingerprint density at radius 3 is 1.68 bits per heavy atom. The van der Waals surface area contributed by atoms with Crippen LogP contribution in [0.15, 0.2) is 83.8 Å². The molecule has 0 radical (unpaired) electrons. The average Bonchev–Trinajstić information content (AvgIpc) is 3.31. The van der Waals surface area contributed by atoms with E-state index >= 15 is 0 Å². The predicted molar refractivity (Wildman–Crippen MR) is 127 cm³/mol. The van der Waals surface area contributed by atoms with Crippen molar-refractivity contribution in [1.29, 1.82) is 0 Å². The van der Waals surface area contributed by atoms with Gasteiger partial charge in [-0.05, 0) is 56.2 Å². The van der Waals surface area contributed by atoms with Crippen LogP contribution < -0.4 is 4.90 Å². The van der Waals surface area contributed by atoms with Gasteiger partial charge in [0.15, 0.2) is 0 Å². The zero-order valence-corrected chi connectivity index (χ0v) is 19.9. The standard InChI is InChI=1S/C27H24N2O4S/c1-17-13-15-19(16-14-17)34(32,33)29-26(2)20-11-7-8-12-21(20)27(29,3)23-22(26)24(30)28(25(23)31)18-9-5-4-6-10-18/h4-16,22-23H,1-3H3. The molecule has 34 heavy (non-hydrogen) atoms. The van der Waals surface area contributed by atoms with E-state index in [0.717, 1.165) is 16.7 Å². The van der Waals surface area contributed by atoms with E-state index in [9.17, 15) is 18.0 Å². The summed E-state index contributed by atoms with van der Waals surface area (Å²) in [6, 6.07) is 23.1. The van der Waals surface area contributed by atoms with Crippen molar-refractivity contribution in [1.82, 2.24) is 4.31 Å². The fraction of sp³-hybridized carbons (Fsp3) is 0.259. The van der Waals surface area contributed by atoms with Gasteiger partial charge in [-0.3, -0.25) is 9.59 Å². The summed E-state index contributed by atoms with van der Waals surface area (Å²) in [4.78, 5) is 29.2. The molecule has 2 fully saturated rings. The number of carbonyl (C=O) groups is 2. The third-order valence-electron chi connectivity index (χ3n) is 7.95. The van der Waals surface area contributed by atoms with Crippen molar-refractivity contribution in [2.45, 2.75) is 36.7 Å². The van der Waals surface area contributed by atoms with Crippen molar-refractivity contribution in [3.8, 4) is 0 Å². The molecule has 172 valence electrons. The number of anilines is 1. The summed E-state index contributed by atoms with van der Waals surface area (Å²) in [6.07, 6.45) is 0. The Bertz CT molecular complexity index is 1410. The van der Waals surface area contributed by atoms with Gasteiger partial charge in [0.05, 0.1) is 33.5 Å². The molecule has 0 aliphatic carbocycles. The maximum absolute atomic E-state index is 14.2. The lowest BCUT2D eigenvalue weighted by atomic mass is 9.66. The molecule has 6 nitrogen and oxygen atoms in total. The Hall–Kier alpha value is -3.29. The number of hydrogen-bond donors (Lipinski definition) is 0. The number of hydrogen-bond acceptors (Lipinski definition) is 4. The lowest BCUT2D eigenvalue weighted by Crippen LogP contribution is -2.51. The number of nitrogens with zero attached hydrogens (tertiary/aromatic N) is 2. The van der Waals surface area contributed by atoms with Crippen molar-refractivity contribution < 1.29 is 18.0 Å². The molecule has 3 aliphatic heterocycles. The number of imide groups is 1. The van der Waals surface area contributed by atoms with Gasteiger partial charge in [0.1, 0.15) is 0 Å². The highest BCUT2D eigenvalue weighted by Gasteiger charge is 2.79. The Kier molecular flexibility index (Phi) is 4.15. The molecule has 0 spiro atoms. The predicted octanol–water partition coefficient (Wildman–Crippen LogP) is 3.95. The van der Waals surface area contributed by atoms with Crippen LogP contribution in [-0.2, 0) is 30.7 Å². The van der Waals surface area contributed by atoms with Gasteiger partial charge >= 0.3 is 0 Å². The summed E-state index contributed by atoms with van der Waals surface area (Å²) < 4.78 is 29.8. The first kappa shape index (κ1) is 21.3. The number of fused-ring (bicyclic) bond motifs is 8. The van der Waals surface area contributed by atoms with Crippen molar-refractivity contribution in [2.24, 2.45) is 11.8 Å². The van der Waals surface area contributed by atoms with E-state index in [4.69, 9.17) is 0 Å². The minimum Gasteiger partial charge on any atom is -0.274 e. The highest BCUT2D eigenvalue weighted by molar-refractivity contribution is 7.89. The quantitative estimate of drug-likeness (QED) is 0.541. The van der Waals surface area contributed by atoms with Gasteiger partial charge in [-0.15, -0.1) is 0 Å². The van der Waals surface area contributed by atoms with Crippen LogP contribution in [0.5, 0.6) is 0 Å². The summed E-state index contributed by atoms with van der Waals surface area (Å²) >= 11 is 0. The smallest absolute Gasteiger partial charge is 0.244 e. The topological polar surface area (TPSA) is 74.8 Å². The van der Waals surface area contributed by atoms with Gasteiger partial charge in [-0.25, -0.2) is 13.3 Å². The van der Waals surface area contributed by atoms with E-state index in [1.54, 1.807) is 62.4 Å². The van der Waals surface area contributed by atoms with E-state index in [-0.39, 0.29) is 16.7 Å². The van der Waals surface area contributed by atoms with Crippen LogP contribution in [0.3, 0.4) is 0 Å². The highest BCUT2D eigenvalue weighted by atomic mass is 32.2. The Labute approximate surface area is 198 Å². The summed E-state index contributed by atoms with van der Waals surface area (Å²) in [6.45, 7) is 5.49. The molecule has 3 aliphatic rings. The molecule has 4 atom stereocenters. The molecular formula is C27H24N2O4S. The summed E-state index contributed by atoms with van der Waals surface area (Å²) in [7, 11) is -4.04. The molecule has 2 saturated heterocycles. The number of carbonyl (C=O) groups excluding carboxylic acids is 2. The maximum Gasteiger partial charge on any atom is 0.244 e. The van der Waals surface area contributed by atoms with E-state index < -0.39 is 32.9 Å². The first-order chi connectivity index (χ1) is 16.1. The molecule has 2 bridgehead atoms. The molecule has 7 heteroatoms. The zero-order chi connectivity index (χ0) is 24.0. The first-order valence-electron chi connectivity index (χ1n) is 11.3. The molecular weight excluding hydrogens is 448 g/mol. The van der Waals surface area contributed by atoms with E-state index in [1.807, 2.05) is 37.3 Å². The van der Waals surface area contributed by atoms with Gasteiger partial charge < -0.3 is 0 Å². The Morgan fingerprint density at radius 2 is 1.18 bits per heavy atom. The Morgan fingerprint density at radius 1 is 0.706 bits per heavy atom. The van der Waals surface area contributed by atoms with Crippen LogP contribution >= 0.6 is 0 Å². The Balaban J connectivity index is 1.60. The van der Waals surface area contributed by atoms with Gasteiger partial charge in [0.2, 0.25) is 21.8 Å². The van der Waals surface area contributed by atoms with Crippen LogP contribution in [-0.4, -0.2) is 24.5 Å². The lowest BCUT2D eigenvalue weighted by Gasteiger charge is -2.37. The monoisotopic (exact) mass is 472 g/mol. The largest absolute Gasteiger partial charge is 0.274 e. The van der Waals surface area contributed by atoms with E-state index in [0.29, 0.717) is 5.69 Å². The van der Waals surface area contributed by atoms with Crippen molar-refractivity contribution in [3.05, 3.63) is 95.6 Å². The van der Waals surface area contributed by atoms with E-state index in [1.165, 1.54) is 9.21 Å². The fourth-order valence-corrected chi connectivity index (χ4v) is 8.72. The molecule has 3 aromatic rings. The fourth-order valence-electron chi connectivity index (χ4n) is 6.60. The third kappa shape index (κ3) is 2.31. The number of benzene rings is 3. The molecule has 0 N–H and O–H groups in total. The molecule has 6 rings (SSSR count). The van der Waals surface area contributed by atoms with Gasteiger partial charge in [0, 0.05) is 0 Å². The number of aryl methyl sites for hydroxylation is 1. The van der Waals surface area contributed by atoms with Crippen LogP contribution in [0.2, 0.25) is 0 Å². The summed E-state index contributed by atoms with van der Waals surface area (Å²) in [5.74, 6) is -2.35. The second-order valence-corrected chi connectivity index (χ2v) is 11.5. The number of amides is 2. The second-order valence-electron chi connectivity index (χ2n) is 9.73. The highest BCUT2D eigenvalue weighted by Crippen LogP contribution is 2.69. The average molecular weight is 473 g/mol. The van der Waals surface area contributed by atoms with Crippen molar-refractivity contribution >= 4 is 27.5 Å². The molecule has 0 saturated carbocycles. The molecule has 2 amide bonds. The van der Waals surface area contributed by atoms with Crippen LogP contribution in [0, 0.1) is 18.8 Å². The maximum atomic E-state index is 14.2. The summed E-state index contributed by atoms with van der Waals surface area (Å²) in [5.41, 5.74) is 0.628. The first-order valence-corrected chi connectivity index (χ1v) is 12.7. The molecule has 0 aromatic heterocycles. The summed E-state index contributed by atoms with van der Waals surface area (Å²) in [5, 5.41) is 0. The second kappa shape index (κ2) is 6.64. The normalized spacial score (nSPS) is 30.0. The van der Waals surface area contributed by atoms with Crippen LogP contribution in [0.4, 0.5) is 5.69 Å². The third-order valence-corrected chi connectivity index (χ3v) is 10.1. The molecule has 3 heterocycles. The van der Waals surface area contributed by atoms with Crippen molar-refractivity contribution in [2.75, 3.05) is 4.90 Å². The van der Waals surface area contributed by atoms with Gasteiger partial charge in [-0.2, -0.15) is 4.31 Å². The number of sulfonamides is 1. The number of para-hydroxylation sites is 1. The van der Waals surface area contributed by atoms with E-state index in [2.05, 4.69) is 0 Å². The van der Waals surface area contributed by atoms with Gasteiger partial charge in [-0.1, -0.05) is 60.2 Å². The van der Waals surface area contributed by atoms with Gasteiger partial charge in [0.25, 0.3) is 0 Å². The van der Waals surface area contributed by atoms with Crippen LogP contribution in [0.1, 0.15) is 30.5 Å². The lowest BCUT2D eigenvalue weighted by molar-refractivity contribution is -0.124. The van der Waals surface area contributed by atoms with Crippen LogP contribution in [0.25, 0.3) is 0 Å². The SMILES string of the molecule is Cc1ccc(S(=O)(=O)N2C3(C)c4ccccc4C2(C)C2C(=O)N(c4ccccc4)C(=O)C23)cc1. The minimum atomic E-state index is -4.04. The zero-order valence-electron chi connectivity index (χ0n) is 19.1. The molecule has 3 aromatic carbocycles. The molecule has 4 unspecified atom stereocenters. The minimum absolute atomic E-state index is 0.156. The number of rotatable bonds is 3.